The van der Waals surface area contributed by atoms with Crippen LogP contribution in [0.1, 0.15) is 48.8 Å². The van der Waals surface area contributed by atoms with Gasteiger partial charge in [0.15, 0.2) is 0 Å². The number of benzene rings is 2. The van der Waals surface area contributed by atoms with Gasteiger partial charge in [-0.3, -0.25) is 0 Å². The lowest BCUT2D eigenvalue weighted by Crippen LogP contribution is -2.53. The van der Waals surface area contributed by atoms with Crippen LogP contribution in [-0.4, -0.2) is 46.1 Å². The van der Waals surface area contributed by atoms with Crippen LogP contribution in [0.5, 0.6) is 0 Å². The van der Waals surface area contributed by atoms with Gasteiger partial charge in [-0.25, -0.2) is 9.59 Å². The summed E-state index contributed by atoms with van der Waals surface area (Å²) in [5.41, 5.74) is 4.90. The minimum absolute atomic E-state index is 0.164. The lowest BCUT2D eigenvalue weighted by atomic mass is 9.74. The molecule has 0 bridgehead atoms. The first-order chi connectivity index (χ1) is 15.5. The summed E-state index contributed by atoms with van der Waals surface area (Å²) in [6, 6.07) is 15.2. The summed E-state index contributed by atoms with van der Waals surface area (Å²) in [6.07, 6.45) is 5.93. The van der Waals surface area contributed by atoms with Crippen molar-refractivity contribution in [2.75, 3.05) is 13.1 Å². The number of carbonyl (C=O) groups is 2. The Morgan fingerprint density at radius 2 is 1.78 bits per heavy atom. The molecular weight excluding hydrogens is 402 g/mol. The monoisotopic (exact) mass is 431 g/mol. The molecule has 2 atom stereocenters. The van der Waals surface area contributed by atoms with Crippen LogP contribution >= 0.6 is 0 Å². The van der Waals surface area contributed by atoms with Crippen molar-refractivity contribution in [3.8, 4) is 0 Å². The summed E-state index contributed by atoms with van der Waals surface area (Å²) in [5, 5.41) is 13.7. The summed E-state index contributed by atoms with van der Waals surface area (Å²) in [7, 11) is 0. The molecule has 1 spiro atoms. The topological polar surface area (TPSA) is 85.4 Å². The van der Waals surface area contributed by atoms with Gasteiger partial charge in [0.25, 0.3) is 0 Å². The summed E-state index contributed by atoms with van der Waals surface area (Å²) in [4.78, 5) is 30.1. The number of aryl methyl sites for hydroxylation is 1. The third kappa shape index (κ3) is 3.44. The van der Waals surface area contributed by atoms with E-state index in [1.165, 1.54) is 11.1 Å². The van der Waals surface area contributed by atoms with E-state index in [1.807, 2.05) is 37.4 Å². The van der Waals surface area contributed by atoms with Gasteiger partial charge in [-0.15, -0.1) is 0 Å². The van der Waals surface area contributed by atoms with Crippen LogP contribution in [0.3, 0.4) is 0 Å². The van der Waals surface area contributed by atoms with Crippen molar-refractivity contribution in [3.05, 3.63) is 71.4 Å². The average molecular weight is 432 g/mol. The van der Waals surface area contributed by atoms with E-state index in [1.54, 1.807) is 4.90 Å². The van der Waals surface area contributed by atoms with Crippen molar-refractivity contribution in [2.45, 2.75) is 50.0 Å². The summed E-state index contributed by atoms with van der Waals surface area (Å²) in [6.45, 7) is 3.15. The molecule has 32 heavy (non-hydrogen) atoms. The van der Waals surface area contributed by atoms with Crippen LogP contribution in [0.2, 0.25) is 0 Å². The van der Waals surface area contributed by atoms with E-state index in [4.69, 9.17) is 0 Å². The molecule has 2 heterocycles. The van der Waals surface area contributed by atoms with Gasteiger partial charge in [0.1, 0.15) is 6.04 Å². The number of piperidine rings is 1. The number of aliphatic carboxylic acids is 1. The Bertz CT molecular complexity index is 1160. The number of aromatic nitrogens is 1. The quantitative estimate of drug-likeness (QED) is 0.572. The number of rotatable bonds is 4. The molecular formula is C26H29N3O3. The van der Waals surface area contributed by atoms with Gasteiger partial charge >= 0.3 is 12.0 Å². The number of nitrogens with one attached hydrogen (secondary N) is 2. The van der Waals surface area contributed by atoms with Crippen LogP contribution < -0.4 is 5.32 Å². The molecule has 0 unspecified atom stereocenters. The number of hydrogen-bond acceptors (Lipinski definition) is 2. The van der Waals surface area contributed by atoms with Crippen LogP contribution in [0.4, 0.5) is 4.79 Å². The van der Waals surface area contributed by atoms with Crippen molar-refractivity contribution < 1.29 is 14.7 Å². The zero-order valence-corrected chi connectivity index (χ0v) is 18.3. The molecule has 6 nitrogen and oxygen atoms in total. The smallest absolute Gasteiger partial charge is 0.326 e. The number of H-pyrrole nitrogens is 1. The number of fused-ring (bicyclic) bond motifs is 3. The highest BCUT2D eigenvalue weighted by Crippen LogP contribution is 2.46. The van der Waals surface area contributed by atoms with Gasteiger partial charge in [0.05, 0.1) is 0 Å². The van der Waals surface area contributed by atoms with E-state index in [-0.39, 0.29) is 17.4 Å². The molecule has 1 aliphatic carbocycles. The molecule has 2 aromatic carbocycles. The maximum absolute atomic E-state index is 13.0. The highest BCUT2D eigenvalue weighted by atomic mass is 16.4. The predicted molar refractivity (Wildman–Crippen MR) is 124 cm³/mol. The van der Waals surface area contributed by atoms with Gasteiger partial charge in [-0.05, 0) is 53.9 Å². The second-order valence-electron chi connectivity index (χ2n) is 9.27. The molecule has 1 aliphatic heterocycles. The number of likely N-dealkylation sites (tertiary alicyclic amines) is 1. The number of carboxylic acids is 1. The SMILES string of the molecule is C[C@@H](c1c[nH]c2ccccc12)[C@@H](NC(=O)N1CCC2(CCc3ccccc32)CC1)C(=O)O. The van der Waals surface area contributed by atoms with Gasteiger partial charge < -0.3 is 20.3 Å². The fourth-order valence-electron chi connectivity index (χ4n) is 5.70. The number of para-hydroxylation sites is 1. The van der Waals surface area contributed by atoms with Gasteiger partial charge in [-0.1, -0.05) is 49.4 Å². The molecule has 1 aromatic heterocycles. The number of carbonyl (C=O) groups excluding carboxylic acids is 1. The highest BCUT2D eigenvalue weighted by Gasteiger charge is 2.42. The van der Waals surface area contributed by atoms with E-state index in [0.29, 0.717) is 13.1 Å². The number of aromatic amines is 1. The molecule has 6 heteroatoms. The average Bonchev–Trinajstić information content (AvgIpc) is 3.40. The molecule has 166 valence electrons. The van der Waals surface area contributed by atoms with E-state index in [0.717, 1.165) is 42.1 Å². The molecule has 2 amide bonds. The number of nitrogens with zero attached hydrogens (tertiary/aromatic N) is 1. The molecule has 5 rings (SSSR count). The molecule has 0 radical (unpaired) electrons. The lowest BCUT2D eigenvalue weighted by molar-refractivity contribution is -0.139. The molecule has 0 saturated carbocycles. The van der Waals surface area contributed by atoms with Gasteiger partial charge in [0, 0.05) is 36.1 Å². The Labute approximate surface area is 187 Å². The van der Waals surface area contributed by atoms with E-state index in [2.05, 4.69) is 34.6 Å². The Morgan fingerprint density at radius 3 is 2.56 bits per heavy atom. The van der Waals surface area contributed by atoms with Gasteiger partial charge in [0.2, 0.25) is 0 Å². The Balaban J connectivity index is 1.28. The van der Waals surface area contributed by atoms with Crippen LogP contribution in [-0.2, 0) is 16.6 Å². The Hall–Kier alpha value is -3.28. The fraction of sp³-hybridized carbons (Fsp3) is 0.385. The van der Waals surface area contributed by atoms with E-state index >= 15 is 0 Å². The standard InChI is InChI=1S/C26H29N3O3/c1-17(20-16-27-22-9-5-3-7-19(20)22)23(24(30)31)28-25(32)29-14-12-26(13-15-29)11-10-18-6-2-4-8-21(18)26/h2-9,16-17,23,27H,10-15H2,1H3,(H,28,32)(H,30,31)/t17-,23+/m0/s1. The minimum atomic E-state index is -1.02. The van der Waals surface area contributed by atoms with Crippen molar-refractivity contribution in [2.24, 2.45) is 0 Å². The molecule has 3 aromatic rings. The van der Waals surface area contributed by atoms with Crippen LogP contribution in [0, 0.1) is 0 Å². The second kappa shape index (κ2) is 8.01. The van der Waals surface area contributed by atoms with E-state index < -0.39 is 12.0 Å². The zero-order valence-electron chi connectivity index (χ0n) is 18.3. The zero-order chi connectivity index (χ0) is 22.3. The second-order valence-corrected chi connectivity index (χ2v) is 9.27. The van der Waals surface area contributed by atoms with Crippen molar-refractivity contribution in [1.82, 2.24) is 15.2 Å². The Morgan fingerprint density at radius 1 is 1.06 bits per heavy atom. The number of carboxylic acid groups (broad SMARTS) is 1. The molecule has 1 saturated heterocycles. The van der Waals surface area contributed by atoms with Crippen LogP contribution in [0.25, 0.3) is 10.9 Å². The first kappa shape index (κ1) is 20.6. The maximum atomic E-state index is 13.0. The number of urea groups is 1. The number of hydrogen-bond donors (Lipinski definition) is 3. The summed E-state index contributed by atoms with van der Waals surface area (Å²) in [5.74, 6) is -1.39. The first-order valence-electron chi connectivity index (χ1n) is 11.4. The largest absolute Gasteiger partial charge is 0.480 e. The summed E-state index contributed by atoms with van der Waals surface area (Å²) >= 11 is 0. The Kier molecular flexibility index (Phi) is 5.16. The lowest BCUT2D eigenvalue weighted by Gasteiger charge is -2.40. The maximum Gasteiger partial charge on any atom is 0.326 e. The van der Waals surface area contributed by atoms with Crippen LogP contribution in [0.15, 0.2) is 54.7 Å². The molecule has 2 aliphatic rings. The normalized spacial score (nSPS) is 19.0. The molecule has 3 N–H and O–H groups in total. The first-order valence-corrected chi connectivity index (χ1v) is 11.4. The van der Waals surface area contributed by atoms with Gasteiger partial charge in [-0.2, -0.15) is 0 Å². The predicted octanol–water partition coefficient (Wildman–Crippen LogP) is 4.41. The minimum Gasteiger partial charge on any atom is -0.480 e. The third-order valence-electron chi connectivity index (χ3n) is 7.63. The van der Waals surface area contributed by atoms with Crippen molar-refractivity contribution in [1.29, 1.82) is 0 Å². The number of amides is 2. The van der Waals surface area contributed by atoms with Crippen molar-refractivity contribution in [3.63, 3.8) is 0 Å². The molecule has 1 fully saturated rings. The third-order valence-corrected chi connectivity index (χ3v) is 7.63. The highest BCUT2D eigenvalue weighted by molar-refractivity contribution is 5.87. The van der Waals surface area contributed by atoms with Crippen molar-refractivity contribution >= 4 is 22.9 Å². The fourth-order valence-corrected chi connectivity index (χ4v) is 5.70. The summed E-state index contributed by atoms with van der Waals surface area (Å²) < 4.78 is 0. The van der Waals surface area contributed by atoms with E-state index in [9.17, 15) is 14.7 Å².